The van der Waals surface area contributed by atoms with Gasteiger partial charge >= 0.3 is 5.97 Å². The van der Waals surface area contributed by atoms with Crippen molar-refractivity contribution in [3.05, 3.63) is 10.2 Å². The highest BCUT2D eigenvalue weighted by atomic mass is 127. The molecule has 1 aliphatic carbocycles. The Hall–Kier alpha value is -0.100. The SMILES string of the molecule is NC1(C(=O)O)CCC(/C=C/I)CC1. The van der Waals surface area contributed by atoms with Crippen LogP contribution in [-0.4, -0.2) is 16.6 Å². The number of aliphatic carboxylic acids is 1. The summed E-state index contributed by atoms with van der Waals surface area (Å²) in [6.07, 6.45) is 5.09. The van der Waals surface area contributed by atoms with Crippen molar-refractivity contribution in [1.82, 2.24) is 0 Å². The maximum Gasteiger partial charge on any atom is 0.323 e. The lowest BCUT2D eigenvalue weighted by molar-refractivity contribution is -0.144. The minimum absolute atomic E-state index is 0.521. The van der Waals surface area contributed by atoms with Crippen LogP contribution >= 0.6 is 22.6 Å². The fourth-order valence-electron chi connectivity index (χ4n) is 1.66. The second-order valence-corrected chi connectivity index (χ2v) is 4.34. The van der Waals surface area contributed by atoms with Gasteiger partial charge in [-0.05, 0) is 35.7 Å². The van der Waals surface area contributed by atoms with Crippen LogP contribution in [0.4, 0.5) is 0 Å². The Labute approximate surface area is 91.5 Å². The van der Waals surface area contributed by atoms with E-state index in [2.05, 4.69) is 28.7 Å². The third kappa shape index (κ3) is 2.67. The normalized spacial score (nSPS) is 35.1. The summed E-state index contributed by atoms with van der Waals surface area (Å²) in [7, 11) is 0. The van der Waals surface area contributed by atoms with Gasteiger partial charge in [-0.1, -0.05) is 28.7 Å². The number of allylic oxidation sites excluding steroid dienone is 1. The Kier molecular flexibility index (Phi) is 3.73. The number of carboxylic acid groups (broad SMARTS) is 1. The first-order chi connectivity index (χ1) is 6.08. The summed E-state index contributed by atoms with van der Waals surface area (Å²) >= 11 is 2.18. The first-order valence-corrected chi connectivity index (χ1v) is 5.62. The van der Waals surface area contributed by atoms with Crippen molar-refractivity contribution in [2.45, 2.75) is 31.2 Å². The van der Waals surface area contributed by atoms with Crippen LogP contribution in [0.1, 0.15) is 25.7 Å². The summed E-state index contributed by atoms with van der Waals surface area (Å²) in [5.41, 5.74) is 4.77. The lowest BCUT2D eigenvalue weighted by atomic mass is 9.77. The number of hydrogen-bond acceptors (Lipinski definition) is 2. The van der Waals surface area contributed by atoms with Crippen LogP contribution in [0.5, 0.6) is 0 Å². The van der Waals surface area contributed by atoms with E-state index in [0.717, 1.165) is 12.8 Å². The van der Waals surface area contributed by atoms with Gasteiger partial charge in [-0.3, -0.25) is 4.79 Å². The van der Waals surface area contributed by atoms with Gasteiger partial charge in [-0.25, -0.2) is 0 Å². The molecule has 4 heteroatoms. The van der Waals surface area contributed by atoms with Crippen molar-refractivity contribution >= 4 is 28.6 Å². The molecule has 0 heterocycles. The van der Waals surface area contributed by atoms with E-state index >= 15 is 0 Å². The van der Waals surface area contributed by atoms with E-state index < -0.39 is 11.5 Å². The number of rotatable bonds is 2. The number of carboxylic acids is 1. The van der Waals surface area contributed by atoms with Crippen LogP contribution in [0.25, 0.3) is 0 Å². The molecule has 3 nitrogen and oxygen atoms in total. The van der Waals surface area contributed by atoms with E-state index in [1.54, 1.807) is 0 Å². The molecule has 3 N–H and O–H groups in total. The highest BCUT2D eigenvalue weighted by molar-refractivity contribution is 14.1. The molecular weight excluding hydrogens is 281 g/mol. The zero-order chi connectivity index (χ0) is 9.90. The molecule has 0 atom stereocenters. The summed E-state index contributed by atoms with van der Waals surface area (Å²) < 4.78 is 1.99. The Morgan fingerprint density at radius 3 is 2.46 bits per heavy atom. The van der Waals surface area contributed by atoms with Crippen LogP contribution in [0, 0.1) is 5.92 Å². The second kappa shape index (κ2) is 4.41. The zero-order valence-electron chi connectivity index (χ0n) is 7.37. The van der Waals surface area contributed by atoms with Crippen molar-refractivity contribution in [1.29, 1.82) is 0 Å². The molecule has 1 aliphatic rings. The fraction of sp³-hybridized carbons (Fsp3) is 0.667. The van der Waals surface area contributed by atoms with Gasteiger partial charge in [-0.2, -0.15) is 0 Å². The van der Waals surface area contributed by atoms with Gasteiger partial charge in [0.2, 0.25) is 0 Å². The van der Waals surface area contributed by atoms with Crippen LogP contribution in [0.15, 0.2) is 10.2 Å². The zero-order valence-corrected chi connectivity index (χ0v) is 9.53. The molecule has 0 amide bonds. The first kappa shape index (κ1) is 11.0. The topological polar surface area (TPSA) is 63.3 Å². The van der Waals surface area contributed by atoms with Crippen LogP contribution in [0.3, 0.4) is 0 Å². The fourth-order valence-corrected chi connectivity index (χ4v) is 2.25. The van der Waals surface area contributed by atoms with Crippen molar-refractivity contribution in [2.75, 3.05) is 0 Å². The molecule has 0 bridgehead atoms. The van der Waals surface area contributed by atoms with E-state index in [1.807, 2.05) is 4.08 Å². The average Bonchev–Trinajstić information content (AvgIpc) is 2.09. The summed E-state index contributed by atoms with van der Waals surface area (Å²) in [5.74, 6) is -0.336. The number of hydrogen-bond donors (Lipinski definition) is 2. The third-order valence-electron chi connectivity index (χ3n) is 2.69. The highest BCUT2D eigenvalue weighted by Gasteiger charge is 2.37. The van der Waals surface area contributed by atoms with E-state index in [-0.39, 0.29) is 0 Å². The number of carbonyl (C=O) groups is 1. The van der Waals surface area contributed by atoms with Crippen molar-refractivity contribution in [2.24, 2.45) is 11.7 Å². The molecule has 0 aromatic rings. The second-order valence-electron chi connectivity index (χ2n) is 3.62. The lowest BCUT2D eigenvalue weighted by Crippen LogP contribution is -2.50. The molecule has 1 saturated carbocycles. The Bertz CT molecular complexity index is 220. The van der Waals surface area contributed by atoms with Gasteiger partial charge in [0, 0.05) is 0 Å². The number of halogens is 1. The van der Waals surface area contributed by atoms with Crippen molar-refractivity contribution < 1.29 is 9.90 Å². The third-order valence-corrected chi connectivity index (χ3v) is 3.11. The standard InChI is InChI=1S/C9H14INO2/c10-6-3-7-1-4-9(11,5-2-7)8(12)13/h3,6-7H,1-2,4-5,11H2,(H,12,13)/b6-3+. The summed E-state index contributed by atoms with van der Waals surface area (Å²) in [5, 5.41) is 8.87. The minimum atomic E-state index is -0.963. The van der Waals surface area contributed by atoms with E-state index in [4.69, 9.17) is 10.8 Å². The molecular formula is C9H14INO2. The molecule has 1 rings (SSSR count). The molecule has 0 spiro atoms. The Morgan fingerprint density at radius 1 is 1.54 bits per heavy atom. The lowest BCUT2D eigenvalue weighted by Gasteiger charge is -2.32. The predicted molar refractivity (Wildman–Crippen MR) is 59.7 cm³/mol. The van der Waals surface area contributed by atoms with Gasteiger partial charge in [-0.15, -0.1) is 0 Å². The van der Waals surface area contributed by atoms with Gasteiger partial charge in [0.15, 0.2) is 0 Å². The van der Waals surface area contributed by atoms with Gasteiger partial charge in [0.1, 0.15) is 5.54 Å². The quantitative estimate of drug-likeness (QED) is 0.765. The van der Waals surface area contributed by atoms with Gasteiger partial charge < -0.3 is 10.8 Å². The smallest absolute Gasteiger partial charge is 0.323 e. The molecule has 0 radical (unpaired) electrons. The summed E-state index contributed by atoms with van der Waals surface area (Å²) in [6, 6.07) is 0. The van der Waals surface area contributed by atoms with E-state index in [1.165, 1.54) is 0 Å². The first-order valence-electron chi connectivity index (χ1n) is 4.37. The monoisotopic (exact) mass is 295 g/mol. The Morgan fingerprint density at radius 2 is 2.08 bits per heavy atom. The highest BCUT2D eigenvalue weighted by Crippen LogP contribution is 2.31. The Balaban J connectivity index is 2.51. The van der Waals surface area contributed by atoms with Crippen LogP contribution in [0.2, 0.25) is 0 Å². The number of nitrogens with two attached hydrogens (primary N) is 1. The molecule has 13 heavy (non-hydrogen) atoms. The minimum Gasteiger partial charge on any atom is -0.480 e. The predicted octanol–water partition coefficient (Wildman–Crippen LogP) is 1.91. The molecule has 0 aliphatic heterocycles. The van der Waals surface area contributed by atoms with Gasteiger partial charge in [0.05, 0.1) is 0 Å². The van der Waals surface area contributed by atoms with Crippen molar-refractivity contribution in [3.63, 3.8) is 0 Å². The van der Waals surface area contributed by atoms with Crippen molar-refractivity contribution in [3.8, 4) is 0 Å². The summed E-state index contributed by atoms with van der Waals surface area (Å²) in [4.78, 5) is 10.8. The van der Waals surface area contributed by atoms with Gasteiger partial charge in [0.25, 0.3) is 0 Å². The van der Waals surface area contributed by atoms with Crippen LogP contribution < -0.4 is 5.73 Å². The van der Waals surface area contributed by atoms with E-state index in [9.17, 15) is 4.79 Å². The van der Waals surface area contributed by atoms with E-state index in [0.29, 0.717) is 18.8 Å². The molecule has 0 saturated heterocycles. The summed E-state index contributed by atoms with van der Waals surface area (Å²) in [6.45, 7) is 0. The molecule has 0 unspecified atom stereocenters. The maximum atomic E-state index is 10.8. The maximum absolute atomic E-state index is 10.8. The van der Waals surface area contributed by atoms with Crippen LogP contribution in [-0.2, 0) is 4.79 Å². The molecule has 0 aromatic heterocycles. The largest absolute Gasteiger partial charge is 0.480 e. The molecule has 1 fully saturated rings. The molecule has 0 aromatic carbocycles. The molecule has 74 valence electrons. The average molecular weight is 295 g/mol.